The van der Waals surface area contributed by atoms with E-state index < -0.39 is 46.4 Å². The Hall–Kier alpha value is -2.38. The van der Waals surface area contributed by atoms with E-state index in [0.29, 0.717) is 25.7 Å². The van der Waals surface area contributed by atoms with Crippen molar-refractivity contribution in [1.82, 2.24) is 0 Å². The van der Waals surface area contributed by atoms with Crippen molar-refractivity contribution < 1.29 is 38.1 Å². The van der Waals surface area contributed by atoms with Crippen LogP contribution in [0.5, 0.6) is 0 Å². The molecule has 3 aliphatic carbocycles. The van der Waals surface area contributed by atoms with Gasteiger partial charge in [0, 0.05) is 17.8 Å². The lowest BCUT2D eigenvalue weighted by molar-refractivity contribution is -0.193. The Morgan fingerprint density at radius 3 is 2.52 bits per heavy atom. The molecule has 0 amide bonds. The Balaban J connectivity index is 1.64. The fourth-order valence-electron chi connectivity index (χ4n) is 6.34. The standard InChI is InChI=1S/C21H26O8/c1-11-7-14-12(8-13(11)15(22)28-18(25)27-4)5-6-19(2)9-20(16(23)26-3)10-21(14,19)29-17(20)24/h5-6,11-14H,7-10H2,1-4H3. The number of esters is 3. The lowest BCUT2D eigenvalue weighted by Gasteiger charge is -2.54. The average Bonchev–Trinajstić information content (AvgIpc) is 3.14. The van der Waals surface area contributed by atoms with E-state index in [9.17, 15) is 19.2 Å². The molecule has 29 heavy (non-hydrogen) atoms. The molecule has 1 heterocycles. The largest absolute Gasteiger partial charge is 0.515 e. The Morgan fingerprint density at radius 2 is 1.86 bits per heavy atom. The van der Waals surface area contributed by atoms with E-state index in [4.69, 9.17) is 14.2 Å². The van der Waals surface area contributed by atoms with E-state index in [1.807, 2.05) is 19.9 Å². The van der Waals surface area contributed by atoms with E-state index >= 15 is 0 Å². The SMILES string of the molecule is COC(=O)OC(=O)C1CC2C=CC3(C)CC4(C(=O)OC)CC3(OC4=O)C2CC1C. The molecule has 7 atom stereocenters. The Bertz CT molecular complexity index is 817. The van der Waals surface area contributed by atoms with Gasteiger partial charge in [0.2, 0.25) is 0 Å². The summed E-state index contributed by atoms with van der Waals surface area (Å²) in [5.41, 5.74) is -2.51. The topological polar surface area (TPSA) is 105 Å². The summed E-state index contributed by atoms with van der Waals surface area (Å²) in [4.78, 5) is 49.1. The molecule has 3 fully saturated rings. The van der Waals surface area contributed by atoms with Gasteiger partial charge < -0.3 is 18.9 Å². The molecule has 0 aromatic rings. The summed E-state index contributed by atoms with van der Waals surface area (Å²) in [6.07, 6.45) is 4.86. The van der Waals surface area contributed by atoms with Crippen LogP contribution in [0.1, 0.15) is 39.5 Å². The van der Waals surface area contributed by atoms with Crippen LogP contribution in [-0.2, 0) is 33.3 Å². The molecule has 0 aromatic heterocycles. The number of ether oxygens (including phenoxy) is 4. The van der Waals surface area contributed by atoms with Crippen molar-refractivity contribution in [3.05, 3.63) is 12.2 Å². The minimum atomic E-state index is -1.26. The van der Waals surface area contributed by atoms with Crippen molar-refractivity contribution in [3.8, 4) is 0 Å². The molecule has 7 unspecified atom stereocenters. The van der Waals surface area contributed by atoms with Crippen molar-refractivity contribution in [1.29, 1.82) is 0 Å². The fraction of sp³-hybridized carbons (Fsp3) is 0.714. The van der Waals surface area contributed by atoms with Crippen LogP contribution in [0.25, 0.3) is 0 Å². The highest BCUT2D eigenvalue weighted by atomic mass is 16.7. The monoisotopic (exact) mass is 406 g/mol. The maximum absolute atomic E-state index is 12.8. The molecule has 4 rings (SSSR count). The summed E-state index contributed by atoms with van der Waals surface area (Å²) < 4.78 is 20.1. The maximum atomic E-state index is 12.8. The van der Waals surface area contributed by atoms with Gasteiger partial charge >= 0.3 is 24.1 Å². The third-order valence-electron chi connectivity index (χ3n) is 7.76. The second-order valence-corrected chi connectivity index (χ2v) is 9.18. The van der Waals surface area contributed by atoms with Crippen LogP contribution in [0.2, 0.25) is 0 Å². The normalized spacial score (nSPS) is 44.3. The molecule has 2 saturated carbocycles. The van der Waals surface area contributed by atoms with Gasteiger partial charge in [-0.05, 0) is 31.1 Å². The molecule has 8 nitrogen and oxygen atoms in total. The number of methoxy groups -OCH3 is 2. The first-order valence-electron chi connectivity index (χ1n) is 9.93. The maximum Gasteiger partial charge on any atom is 0.515 e. The fourth-order valence-corrected chi connectivity index (χ4v) is 6.34. The van der Waals surface area contributed by atoms with Crippen LogP contribution in [0.4, 0.5) is 4.79 Å². The highest BCUT2D eigenvalue weighted by Crippen LogP contribution is 2.70. The first-order valence-corrected chi connectivity index (χ1v) is 9.93. The quantitative estimate of drug-likeness (QED) is 0.298. The van der Waals surface area contributed by atoms with Crippen molar-refractivity contribution in [3.63, 3.8) is 0 Å². The number of fused-ring (bicyclic) bond motifs is 2. The molecule has 2 bridgehead atoms. The van der Waals surface area contributed by atoms with E-state index in [1.165, 1.54) is 7.11 Å². The molecule has 158 valence electrons. The highest BCUT2D eigenvalue weighted by Gasteiger charge is 2.78. The minimum Gasteiger partial charge on any atom is -0.468 e. The lowest BCUT2D eigenvalue weighted by atomic mass is 9.54. The van der Waals surface area contributed by atoms with Crippen LogP contribution < -0.4 is 0 Å². The number of carbonyl (C=O) groups excluding carboxylic acids is 4. The number of carbonyl (C=O) groups is 4. The van der Waals surface area contributed by atoms with Gasteiger partial charge in [-0.2, -0.15) is 0 Å². The Labute approximate surface area is 168 Å². The molecule has 0 radical (unpaired) electrons. The summed E-state index contributed by atoms with van der Waals surface area (Å²) in [6, 6.07) is 0. The number of allylic oxidation sites excluding steroid dienone is 1. The Morgan fingerprint density at radius 1 is 1.14 bits per heavy atom. The molecule has 1 aliphatic heterocycles. The molecule has 1 saturated heterocycles. The molecular weight excluding hydrogens is 380 g/mol. The lowest BCUT2D eigenvalue weighted by Crippen LogP contribution is -2.57. The van der Waals surface area contributed by atoms with E-state index in [0.717, 1.165) is 7.11 Å². The van der Waals surface area contributed by atoms with Gasteiger partial charge in [-0.25, -0.2) is 4.79 Å². The van der Waals surface area contributed by atoms with E-state index in [1.54, 1.807) is 0 Å². The van der Waals surface area contributed by atoms with Gasteiger partial charge in [-0.1, -0.05) is 26.0 Å². The molecule has 8 heteroatoms. The van der Waals surface area contributed by atoms with E-state index in [2.05, 4.69) is 10.8 Å². The zero-order valence-electron chi connectivity index (χ0n) is 17.1. The summed E-state index contributed by atoms with van der Waals surface area (Å²) in [5.74, 6) is -2.21. The predicted molar refractivity (Wildman–Crippen MR) is 97.1 cm³/mol. The first kappa shape index (κ1) is 19.9. The highest BCUT2D eigenvalue weighted by molar-refractivity contribution is 6.03. The van der Waals surface area contributed by atoms with Gasteiger partial charge in [-0.15, -0.1) is 0 Å². The van der Waals surface area contributed by atoms with Gasteiger partial charge in [0.15, 0.2) is 5.41 Å². The second kappa shape index (κ2) is 6.31. The molecule has 0 N–H and O–H groups in total. The van der Waals surface area contributed by atoms with E-state index in [-0.39, 0.29) is 17.8 Å². The van der Waals surface area contributed by atoms with Crippen molar-refractivity contribution in [2.45, 2.75) is 45.1 Å². The second-order valence-electron chi connectivity index (χ2n) is 9.18. The van der Waals surface area contributed by atoms with Crippen molar-refractivity contribution in [2.24, 2.45) is 34.5 Å². The van der Waals surface area contributed by atoms with Crippen molar-refractivity contribution in [2.75, 3.05) is 14.2 Å². The van der Waals surface area contributed by atoms with Gasteiger partial charge in [0.25, 0.3) is 0 Å². The summed E-state index contributed by atoms with van der Waals surface area (Å²) >= 11 is 0. The molecule has 4 aliphatic rings. The first-order chi connectivity index (χ1) is 13.6. The van der Waals surface area contributed by atoms with Crippen molar-refractivity contribution >= 4 is 24.1 Å². The number of rotatable bonds is 2. The zero-order chi connectivity index (χ0) is 21.2. The number of hydrogen-bond donors (Lipinski definition) is 0. The van der Waals surface area contributed by atoms with Gasteiger partial charge in [0.1, 0.15) is 5.60 Å². The smallest absolute Gasteiger partial charge is 0.468 e. The van der Waals surface area contributed by atoms with Crippen LogP contribution >= 0.6 is 0 Å². The van der Waals surface area contributed by atoms with Crippen LogP contribution in [0.15, 0.2) is 12.2 Å². The molecular formula is C21H26O8. The summed E-state index contributed by atoms with van der Waals surface area (Å²) in [6.45, 7) is 3.96. The third kappa shape index (κ3) is 2.50. The van der Waals surface area contributed by atoms with Crippen LogP contribution in [0.3, 0.4) is 0 Å². The van der Waals surface area contributed by atoms with Crippen LogP contribution in [-0.4, -0.2) is 43.9 Å². The third-order valence-corrected chi connectivity index (χ3v) is 7.76. The minimum absolute atomic E-state index is 0.0196. The summed E-state index contributed by atoms with van der Waals surface area (Å²) in [7, 11) is 2.44. The van der Waals surface area contributed by atoms with Crippen LogP contribution in [0, 0.1) is 34.5 Å². The zero-order valence-corrected chi connectivity index (χ0v) is 17.1. The Kier molecular flexibility index (Phi) is 4.33. The molecule has 1 spiro atoms. The van der Waals surface area contributed by atoms with Gasteiger partial charge in [-0.3, -0.25) is 14.4 Å². The average molecular weight is 406 g/mol. The summed E-state index contributed by atoms with van der Waals surface area (Å²) in [5, 5.41) is 0. The van der Waals surface area contributed by atoms with Gasteiger partial charge in [0.05, 0.1) is 20.1 Å². The predicted octanol–water partition coefficient (Wildman–Crippen LogP) is 2.40. The molecule has 0 aromatic carbocycles. The number of hydrogen-bond acceptors (Lipinski definition) is 8.